The smallest absolute Gasteiger partial charge is 0.317 e. The Morgan fingerprint density at radius 1 is 1.36 bits per heavy atom. The van der Waals surface area contributed by atoms with E-state index in [1.807, 2.05) is 12.1 Å². The molecule has 5 heteroatoms. The number of anilines is 1. The molecule has 122 valence electrons. The van der Waals surface area contributed by atoms with Gasteiger partial charge in [-0.1, -0.05) is 25.3 Å². The molecule has 22 heavy (non-hydrogen) atoms. The molecule has 1 saturated carbocycles. The summed E-state index contributed by atoms with van der Waals surface area (Å²) < 4.78 is 5.54. The number of nitrogens with one attached hydrogen (secondary N) is 1. The third-order valence-corrected chi connectivity index (χ3v) is 4.35. The van der Waals surface area contributed by atoms with Crippen molar-refractivity contribution in [1.82, 2.24) is 5.32 Å². The third kappa shape index (κ3) is 4.37. The van der Waals surface area contributed by atoms with Crippen LogP contribution < -0.4 is 15.0 Å². The van der Waals surface area contributed by atoms with E-state index >= 15 is 0 Å². The van der Waals surface area contributed by atoms with Gasteiger partial charge in [0, 0.05) is 19.6 Å². The molecule has 0 saturated heterocycles. The molecule has 2 N–H and O–H groups in total. The Morgan fingerprint density at radius 2 is 2.09 bits per heavy atom. The number of nitrogens with zero attached hydrogens (tertiary/aromatic N) is 1. The standard InChI is InChI=1S/C17H26N2O3/c1-19(14-6-4-3-5-7-14)15-9-8-13(10-16(15)22-2)11-18-12-17(20)21/h8-10,14,18H,3-7,11-12H2,1-2H3,(H,20,21). The van der Waals surface area contributed by atoms with E-state index in [-0.39, 0.29) is 6.54 Å². The number of hydrogen-bond acceptors (Lipinski definition) is 4. The van der Waals surface area contributed by atoms with Crippen LogP contribution in [-0.4, -0.2) is 37.8 Å². The average Bonchev–Trinajstić information content (AvgIpc) is 2.54. The van der Waals surface area contributed by atoms with E-state index in [0.29, 0.717) is 12.6 Å². The van der Waals surface area contributed by atoms with Gasteiger partial charge in [-0.15, -0.1) is 0 Å². The Kier molecular flexibility index (Phi) is 6.07. The Morgan fingerprint density at radius 3 is 2.73 bits per heavy atom. The van der Waals surface area contributed by atoms with Gasteiger partial charge in [-0.2, -0.15) is 0 Å². The molecule has 0 bridgehead atoms. The second kappa shape index (κ2) is 8.03. The number of carboxylic acid groups (broad SMARTS) is 1. The molecule has 0 radical (unpaired) electrons. The molecule has 1 fully saturated rings. The van der Waals surface area contributed by atoms with Crippen molar-refractivity contribution in [3.8, 4) is 5.75 Å². The van der Waals surface area contributed by atoms with Crippen molar-refractivity contribution >= 4 is 11.7 Å². The van der Waals surface area contributed by atoms with Crippen LogP contribution in [0.5, 0.6) is 5.75 Å². The number of carboxylic acids is 1. The molecule has 0 unspecified atom stereocenters. The van der Waals surface area contributed by atoms with Crippen LogP contribution >= 0.6 is 0 Å². The maximum Gasteiger partial charge on any atom is 0.317 e. The summed E-state index contributed by atoms with van der Waals surface area (Å²) in [5.74, 6) is 0.00307. The first-order valence-corrected chi connectivity index (χ1v) is 7.94. The number of rotatable bonds is 7. The first-order chi connectivity index (χ1) is 10.6. The first kappa shape index (κ1) is 16.6. The molecule has 0 spiro atoms. The minimum absolute atomic E-state index is 0.0357. The van der Waals surface area contributed by atoms with Crippen LogP contribution in [0.25, 0.3) is 0 Å². The summed E-state index contributed by atoms with van der Waals surface area (Å²) in [4.78, 5) is 12.9. The van der Waals surface area contributed by atoms with Crippen LogP contribution in [0.2, 0.25) is 0 Å². The summed E-state index contributed by atoms with van der Waals surface area (Å²) in [7, 11) is 3.82. The Balaban J connectivity index is 2.06. The molecule has 0 atom stereocenters. The first-order valence-electron chi connectivity index (χ1n) is 7.94. The minimum atomic E-state index is -0.847. The zero-order valence-corrected chi connectivity index (χ0v) is 13.5. The highest BCUT2D eigenvalue weighted by Crippen LogP contribution is 2.33. The second-order valence-corrected chi connectivity index (χ2v) is 5.91. The highest BCUT2D eigenvalue weighted by atomic mass is 16.5. The maximum absolute atomic E-state index is 10.5. The molecule has 0 heterocycles. The van der Waals surface area contributed by atoms with Crippen molar-refractivity contribution in [3.63, 3.8) is 0 Å². The van der Waals surface area contributed by atoms with Crippen LogP contribution in [0.4, 0.5) is 5.69 Å². The maximum atomic E-state index is 10.5. The quantitative estimate of drug-likeness (QED) is 0.811. The van der Waals surface area contributed by atoms with E-state index in [0.717, 1.165) is 17.0 Å². The molecule has 2 rings (SSSR count). The fourth-order valence-corrected chi connectivity index (χ4v) is 3.10. The van der Waals surface area contributed by atoms with Gasteiger partial charge in [0.2, 0.25) is 0 Å². The summed E-state index contributed by atoms with van der Waals surface area (Å²) in [5.41, 5.74) is 2.13. The Bertz CT molecular complexity index is 499. The Hall–Kier alpha value is -1.75. The monoisotopic (exact) mass is 306 g/mol. The molecule has 1 aliphatic carbocycles. The van der Waals surface area contributed by atoms with Crippen molar-refractivity contribution in [2.45, 2.75) is 44.7 Å². The van der Waals surface area contributed by atoms with Gasteiger partial charge < -0.3 is 20.1 Å². The van der Waals surface area contributed by atoms with Gasteiger partial charge in [-0.05, 0) is 30.5 Å². The van der Waals surface area contributed by atoms with Gasteiger partial charge in [-0.3, -0.25) is 4.79 Å². The molecule has 0 aromatic heterocycles. The summed E-state index contributed by atoms with van der Waals surface area (Å²) in [6.07, 6.45) is 6.42. The zero-order valence-electron chi connectivity index (χ0n) is 13.5. The lowest BCUT2D eigenvalue weighted by Crippen LogP contribution is -2.33. The predicted octanol–water partition coefficient (Wildman–Crippen LogP) is 2.64. The van der Waals surface area contributed by atoms with Crippen LogP contribution in [0.1, 0.15) is 37.7 Å². The highest BCUT2D eigenvalue weighted by molar-refractivity contribution is 5.69. The van der Waals surface area contributed by atoms with E-state index in [1.165, 1.54) is 32.1 Å². The van der Waals surface area contributed by atoms with Crippen LogP contribution in [0.3, 0.4) is 0 Å². The number of benzene rings is 1. The molecule has 1 aromatic rings. The predicted molar refractivity (Wildman–Crippen MR) is 87.6 cm³/mol. The molecule has 0 aliphatic heterocycles. The summed E-state index contributed by atoms with van der Waals surface area (Å²) in [5, 5.41) is 11.6. The number of aliphatic carboxylic acids is 1. The SMILES string of the molecule is COc1cc(CNCC(=O)O)ccc1N(C)C1CCCCC1. The van der Waals surface area contributed by atoms with Gasteiger partial charge >= 0.3 is 5.97 Å². The van der Waals surface area contributed by atoms with E-state index in [2.05, 4.69) is 23.3 Å². The van der Waals surface area contributed by atoms with Gasteiger partial charge in [0.05, 0.1) is 19.3 Å². The van der Waals surface area contributed by atoms with Gasteiger partial charge in [-0.25, -0.2) is 0 Å². The minimum Gasteiger partial charge on any atom is -0.495 e. The Labute approximate surface area is 132 Å². The van der Waals surface area contributed by atoms with Crippen LogP contribution in [0.15, 0.2) is 18.2 Å². The van der Waals surface area contributed by atoms with Crippen molar-refractivity contribution in [3.05, 3.63) is 23.8 Å². The molecule has 1 aliphatic rings. The zero-order chi connectivity index (χ0) is 15.9. The normalized spacial score (nSPS) is 15.5. The lowest BCUT2D eigenvalue weighted by atomic mass is 9.94. The van der Waals surface area contributed by atoms with Gasteiger partial charge in [0.25, 0.3) is 0 Å². The summed E-state index contributed by atoms with van der Waals surface area (Å²) >= 11 is 0. The van der Waals surface area contributed by atoms with Crippen molar-refractivity contribution in [2.24, 2.45) is 0 Å². The number of carbonyl (C=O) groups is 1. The van der Waals surface area contributed by atoms with Crippen molar-refractivity contribution in [1.29, 1.82) is 0 Å². The molecule has 5 nitrogen and oxygen atoms in total. The molecular formula is C17H26N2O3. The van der Waals surface area contributed by atoms with E-state index < -0.39 is 5.97 Å². The van der Waals surface area contributed by atoms with E-state index in [1.54, 1.807) is 7.11 Å². The number of hydrogen-bond donors (Lipinski definition) is 2. The number of methoxy groups -OCH3 is 1. The van der Waals surface area contributed by atoms with Crippen molar-refractivity contribution < 1.29 is 14.6 Å². The fourth-order valence-electron chi connectivity index (χ4n) is 3.10. The van der Waals surface area contributed by atoms with Crippen molar-refractivity contribution in [2.75, 3.05) is 25.6 Å². The van der Waals surface area contributed by atoms with Gasteiger partial charge in [0.15, 0.2) is 0 Å². The number of ether oxygens (including phenoxy) is 1. The topological polar surface area (TPSA) is 61.8 Å². The third-order valence-electron chi connectivity index (χ3n) is 4.35. The second-order valence-electron chi connectivity index (χ2n) is 5.91. The summed E-state index contributed by atoms with van der Waals surface area (Å²) in [6, 6.07) is 6.68. The fraction of sp³-hybridized carbons (Fsp3) is 0.588. The highest BCUT2D eigenvalue weighted by Gasteiger charge is 2.20. The molecule has 1 aromatic carbocycles. The van der Waals surface area contributed by atoms with Crippen LogP contribution in [-0.2, 0) is 11.3 Å². The lowest BCUT2D eigenvalue weighted by molar-refractivity contribution is -0.135. The largest absolute Gasteiger partial charge is 0.495 e. The summed E-state index contributed by atoms with van der Waals surface area (Å²) in [6.45, 7) is 0.488. The van der Waals surface area contributed by atoms with Crippen LogP contribution in [0, 0.1) is 0 Å². The molecule has 0 amide bonds. The van der Waals surface area contributed by atoms with E-state index in [9.17, 15) is 4.79 Å². The van der Waals surface area contributed by atoms with Gasteiger partial charge in [0.1, 0.15) is 5.75 Å². The molecular weight excluding hydrogens is 280 g/mol. The van der Waals surface area contributed by atoms with E-state index in [4.69, 9.17) is 9.84 Å². The average molecular weight is 306 g/mol. The lowest BCUT2D eigenvalue weighted by Gasteiger charge is -2.33.